The molecule has 0 bridgehead atoms. The first-order valence-corrected chi connectivity index (χ1v) is 20.9. The SMILES string of the molecule is Cc1cc(NC(=O)c2cccc(CNC(=O)CCN3CCC(OC(=O)Nc4ccccc4-c4ccccc4)CC3)c2)c(C)cc1CNC[C@@H](O)c1ccc(O)c2[nH]c(=O)ccc12. The predicted octanol–water partition coefficient (Wildman–Crippen LogP) is 7.31. The lowest BCUT2D eigenvalue weighted by Crippen LogP contribution is -2.40. The zero-order valence-electron chi connectivity index (χ0n) is 34.9. The number of benzene rings is 5. The number of aliphatic hydroxyl groups excluding tert-OH is 1. The summed E-state index contributed by atoms with van der Waals surface area (Å²) in [5.74, 6) is -0.415. The number of carbonyl (C=O) groups is 3. The Morgan fingerprint density at radius 3 is 2.40 bits per heavy atom. The summed E-state index contributed by atoms with van der Waals surface area (Å²) in [5, 5.41) is 33.9. The van der Waals surface area contributed by atoms with Gasteiger partial charge >= 0.3 is 6.09 Å². The number of aryl methyl sites for hydroxylation is 2. The first kappa shape index (κ1) is 43.3. The Labute approximate surface area is 360 Å². The number of H-pyrrole nitrogens is 1. The number of aromatic nitrogens is 1. The molecule has 1 aliphatic rings. The molecule has 1 fully saturated rings. The molecule has 6 aromatic rings. The van der Waals surface area contributed by atoms with Crippen molar-refractivity contribution in [2.75, 3.05) is 36.8 Å². The van der Waals surface area contributed by atoms with Crippen LogP contribution in [-0.4, -0.2) is 70.3 Å². The van der Waals surface area contributed by atoms with E-state index in [1.165, 1.54) is 12.1 Å². The summed E-state index contributed by atoms with van der Waals surface area (Å²) in [5.41, 5.74) is 7.95. The summed E-state index contributed by atoms with van der Waals surface area (Å²) in [6, 6.07) is 34.7. The van der Waals surface area contributed by atoms with Crippen LogP contribution in [0.1, 0.15) is 63.5 Å². The summed E-state index contributed by atoms with van der Waals surface area (Å²) in [6.07, 6.45) is 0.127. The van der Waals surface area contributed by atoms with Crippen LogP contribution < -0.4 is 26.8 Å². The molecule has 7 rings (SSSR count). The average molecular weight is 837 g/mol. The van der Waals surface area contributed by atoms with Gasteiger partial charge in [-0.1, -0.05) is 72.8 Å². The number of carbonyl (C=O) groups excluding carboxylic acids is 3. The molecule has 2 heterocycles. The van der Waals surface area contributed by atoms with Crippen LogP contribution in [0.25, 0.3) is 22.0 Å². The highest BCUT2D eigenvalue weighted by Crippen LogP contribution is 2.30. The minimum atomic E-state index is -0.887. The van der Waals surface area contributed by atoms with Gasteiger partial charge in [0, 0.05) is 74.0 Å². The molecule has 0 spiro atoms. The highest BCUT2D eigenvalue weighted by molar-refractivity contribution is 6.05. The van der Waals surface area contributed by atoms with E-state index in [0.29, 0.717) is 60.2 Å². The Morgan fingerprint density at radius 1 is 0.823 bits per heavy atom. The van der Waals surface area contributed by atoms with Crippen LogP contribution >= 0.6 is 0 Å². The number of anilines is 2. The number of para-hydroxylation sites is 1. The Hall–Kier alpha value is -6.80. The lowest BCUT2D eigenvalue weighted by Gasteiger charge is -2.31. The van der Waals surface area contributed by atoms with Crippen molar-refractivity contribution in [3.05, 3.63) is 159 Å². The van der Waals surface area contributed by atoms with Crippen molar-refractivity contribution in [2.45, 2.75) is 58.4 Å². The van der Waals surface area contributed by atoms with E-state index in [4.69, 9.17) is 4.74 Å². The third-order valence-electron chi connectivity index (χ3n) is 11.2. The van der Waals surface area contributed by atoms with Crippen LogP contribution in [0.5, 0.6) is 5.75 Å². The van der Waals surface area contributed by atoms with Crippen LogP contribution in [0, 0.1) is 13.8 Å². The lowest BCUT2D eigenvalue weighted by atomic mass is 10.0. The van der Waals surface area contributed by atoms with Crippen LogP contribution in [0.2, 0.25) is 0 Å². The van der Waals surface area contributed by atoms with Crippen LogP contribution in [0.4, 0.5) is 16.2 Å². The highest BCUT2D eigenvalue weighted by atomic mass is 16.6. The van der Waals surface area contributed by atoms with Gasteiger partial charge in [0.2, 0.25) is 11.5 Å². The number of ether oxygens (including phenoxy) is 1. The molecule has 3 amide bonds. The molecule has 1 aliphatic heterocycles. The van der Waals surface area contributed by atoms with E-state index < -0.39 is 12.2 Å². The number of piperidine rings is 1. The number of aromatic hydroxyl groups is 1. The Balaban J connectivity index is 0.823. The fourth-order valence-electron chi connectivity index (χ4n) is 7.77. The van der Waals surface area contributed by atoms with Crippen molar-refractivity contribution in [1.29, 1.82) is 0 Å². The standard InChI is InChI=1S/C49H52N6O7/c1-31-26-42(32(2)25-36(31)29-50-30-44(57)39-15-17-43(56)47-40(39)16-18-46(59)54-47)52-48(60)35-12-8-9-33(27-35)28-51-45(58)21-24-55-22-19-37(20-23-55)62-49(61)53-41-14-7-6-13-38(41)34-10-4-3-5-11-34/h3-18,25-27,37,44,50,56-57H,19-24,28-30H2,1-2H3,(H,51,58)(H,52,60)(H,53,61)(H,54,59)/t44-/m1/s1. The number of likely N-dealkylation sites (tertiary alicyclic amines) is 1. The van der Waals surface area contributed by atoms with Crippen molar-refractivity contribution in [3.63, 3.8) is 0 Å². The summed E-state index contributed by atoms with van der Waals surface area (Å²) >= 11 is 0. The molecule has 1 atom stereocenters. The molecule has 13 heteroatoms. The topological polar surface area (TPSA) is 185 Å². The fraction of sp³-hybridized carbons (Fsp3) is 0.265. The average Bonchev–Trinajstić information content (AvgIpc) is 3.27. The molecule has 1 saturated heterocycles. The summed E-state index contributed by atoms with van der Waals surface area (Å²) < 4.78 is 5.76. The first-order chi connectivity index (χ1) is 30.0. The van der Waals surface area contributed by atoms with E-state index in [9.17, 15) is 29.4 Å². The molecule has 5 aromatic carbocycles. The number of rotatable bonds is 15. The smallest absolute Gasteiger partial charge is 0.411 e. The number of nitrogens with one attached hydrogen (secondary N) is 5. The van der Waals surface area contributed by atoms with Crippen molar-refractivity contribution in [3.8, 4) is 16.9 Å². The van der Waals surface area contributed by atoms with E-state index in [-0.39, 0.29) is 47.8 Å². The number of hydrogen-bond donors (Lipinski definition) is 7. The van der Waals surface area contributed by atoms with E-state index in [1.807, 2.05) is 86.6 Å². The third kappa shape index (κ3) is 11.1. The van der Waals surface area contributed by atoms with Crippen LogP contribution in [-0.2, 0) is 22.6 Å². The number of amides is 3. The number of aromatic amines is 1. The van der Waals surface area contributed by atoms with Gasteiger partial charge in [-0.25, -0.2) is 4.79 Å². The van der Waals surface area contributed by atoms with Crippen LogP contribution in [0.15, 0.2) is 120 Å². The Bertz CT molecular complexity index is 2600. The monoisotopic (exact) mass is 836 g/mol. The van der Waals surface area contributed by atoms with E-state index in [0.717, 1.165) is 46.5 Å². The molecular weight excluding hydrogens is 785 g/mol. The second kappa shape index (κ2) is 20.2. The van der Waals surface area contributed by atoms with Crippen molar-refractivity contribution in [2.24, 2.45) is 0 Å². The predicted molar refractivity (Wildman–Crippen MR) is 241 cm³/mol. The van der Waals surface area contributed by atoms with Gasteiger partial charge in [-0.2, -0.15) is 0 Å². The molecule has 0 aliphatic carbocycles. The van der Waals surface area contributed by atoms with Gasteiger partial charge in [-0.3, -0.25) is 19.7 Å². The van der Waals surface area contributed by atoms with Crippen molar-refractivity contribution < 1.29 is 29.3 Å². The largest absolute Gasteiger partial charge is 0.506 e. The number of fused-ring (bicyclic) bond motifs is 1. The molecule has 62 heavy (non-hydrogen) atoms. The number of hydrogen-bond acceptors (Lipinski definition) is 9. The first-order valence-electron chi connectivity index (χ1n) is 20.9. The number of phenols is 1. The number of aliphatic hydroxyl groups is 1. The maximum atomic E-state index is 13.4. The van der Waals surface area contributed by atoms with E-state index in [2.05, 4.69) is 31.2 Å². The summed E-state index contributed by atoms with van der Waals surface area (Å²) in [4.78, 5) is 55.6. The van der Waals surface area contributed by atoms with E-state index in [1.54, 1.807) is 30.3 Å². The summed E-state index contributed by atoms with van der Waals surface area (Å²) in [6.45, 7) is 6.90. The molecule has 0 unspecified atom stereocenters. The Kier molecular flexibility index (Phi) is 14.1. The quantitative estimate of drug-likeness (QED) is 0.0557. The zero-order valence-corrected chi connectivity index (χ0v) is 34.9. The molecule has 320 valence electrons. The third-order valence-corrected chi connectivity index (χ3v) is 11.2. The number of pyridine rings is 1. The van der Waals surface area contributed by atoms with Crippen molar-refractivity contribution >= 4 is 40.2 Å². The zero-order chi connectivity index (χ0) is 43.6. The van der Waals surface area contributed by atoms with Gasteiger partial charge < -0.3 is 40.8 Å². The molecule has 0 radical (unpaired) electrons. The minimum absolute atomic E-state index is 0.0633. The number of phenolic OH excluding ortho intramolecular Hbond substituents is 1. The van der Waals surface area contributed by atoms with Gasteiger partial charge in [-0.15, -0.1) is 0 Å². The maximum Gasteiger partial charge on any atom is 0.411 e. The van der Waals surface area contributed by atoms with Gasteiger partial charge in [-0.05, 0) is 96.5 Å². The molecule has 7 N–H and O–H groups in total. The lowest BCUT2D eigenvalue weighted by molar-refractivity contribution is -0.121. The number of nitrogens with zero attached hydrogens (tertiary/aromatic N) is 1. The summed E-state index contributed by atoms with van der Waals surface area (Å²) in [7, 11) is 0. The van der Waals surface area contributed by atoms with Crippen LogP contribution in [0.3, 0.4) is 0 Å². The van der Waals surface area contributed by atoms with Gasteiger partial charge in [0.25, 0.3) is 5.91 Å². The minimum Gasteiger partial charge on any atom is -0.506 e. The highest BCUT2D eigenvalue weighted by Gasteiger charge is 2.23. The normalized spacial score (nSPS) is 13.7. The van der Waals surface area contributed by atoms with Gasteiger partial charge in [0.15, 0.2) is 0 Å². The Morgan fingerprint density at radius 2 is 1.60 bits per heavy atom. The maximum absolute atomic E-state index is 13.4. The fourth-order valence-corrected chi connectivity index (χ4v) is 7.77. The molecule has 13 nitrogen and oxygen atoms in total. The molecular formula is C49H52N6O7. The second-order valence-corrected chi connectivity index (χ2v) is 15.7. The molecule has 0 saturated carbocycles. The van der Waals surface area contributed by atoms with E-state index >= 15 is 0 Å². The van der Waals surface area contributed by atoms with Crippen molar-refractivity contribution in [1.82, 2.24) is 20.5 Å². The van der Waals surface area contributed by atoms with Gasteiger partial charge in [0.1, 0.15) is 11.9 Å². The second-order valence-electron chi connectivity index (χ2n) is 15.7. The molecule has 1 aromatic heterocycles. The van der Waals surface area contributed by atoms with Gasteiger partial charge in [0.05, 0.1) is 17.3 Å².